The van der Waals surface area contributed by atoms with Crippen LogP contribution >= 0.6 is 0 Å². The van der Waals surface area contributed by atoms with Gasteiger partial charge in [-0.2, -0.15) is 0 Å². The zero-order valence-corrected chi connectivity index (χ0v) is 15.4. The molecule has 0 heterocycles. The second-order valence-electron chi connectivity index (χ2n) is 6.82. The van der Waals surface area contributed by atoms with E-state index in [1.807, 2.05) is 0 Å². The fourth-order valence-electron chi connectivity index (χ4n) is 3.27. The molecule has 1 fully saturated rings. The lowest BCUT2D eigenvalue weighted by molar-refractivity contribution is -0.127. The molecule has 134 valence electrons. The first kappa shape index (κ1) is 19.9. The normalized spacial score (nSPS) is 24.5. The fourth-order valence-corrected chi connectivity index (χ4v) is 3.27. The maximum absolute atomic E-state index is 12.0. The van der Waals surface area contributed by atoms with Gasteiger partial charge in [-0.05, 0) is 31.3 Å². The van der Waals surface area contributed by atoms with Gasteiger partial charge >= 0.3 is 0 Å². The van der Waals surface area contributed by atoms with Crippen molar-refractivity contribution >= 4 is 11.8 Å². The molecule has 3 atom stereocenters. The van der Waals surface area contributed by atoms with Gasteiger partial charge in [-0.25, -0.2) is 0 Å². The van der Waals surface area contributed by atoms with Crippen molar-refractivity contribution in [3.63, 3.8) is 0 Å². The molecule has 1 aliphatic rings. The summed E-state index contributed by atoms with van der Waals surface area (Å²) in [7, 11) is 0. The maximum Gasteiger partial charge on any atom is 0.220 e. The van der Waals surface area contributed by atoms with E-state index in [1.54, 1.807) is 0 Å². The van der Waals surface area contributed by atoms with Gasteiger partial charge in [0.25, 0.3) is 0 Å². The number of nitrogens with one attached hydrogen (secondary N) is 2. The number of nitrogens with zero attached hydrogens (tertiary/aromatic N) is 1. The summed E-state index contributed by atoms with van der Waals surface area (Å²) >= 11 is 0. The molecule has 1 aliphatic carbocycles. The number of hydrogen-bond donors (Lipinski definition) is 2. The van der Waals surface area contributed by atoms with E-state index in [0.717, 1.165) is 26.1 Å². The van der Waals surface area contributed by atoms with E-state index in [4.69, 9.17) is 0 Å². The topological polar surface area (TPSA) is 61.4 Å². The average Bonchev–Trinajstić information content (AvgIpc) is 2.54. The van der Waals surface area contributed by atoms with E-state index in [0.29, 0.717) is 18.4 Å². The summed E-state index contributed by atoms with van der Waals surface area (Å²) in [5, 5.41) is 6.02. The molecule has 0 radical (unpaired) electrons. The molecule has 2 N–H and O–H groups in total. The van der Waals surface area contributed by atoms with Crippen LogP contribution in [0, 0.1) is 11.8 Å². The van der Waals surface area contributed by atoms with E-state index < -0.39 is 0 Å². The Kier molecular flexibility index (Phi) is 9.22. The van der Waals surface area contributed by atoms with Crippen molar-refractivity contribution < 1.29 is 9.59 Å². The van der Waals surface area contributed by atoms with E-state index in [1.165, 1.54) is 12.8 Å². The molecule has 5 nitrogen and oxygen atoms in total. The zero-order valence-electron chi connectivity index (χ0n) is 15.4. The van der Waals surface area contributed by atoms with Crippen LogP contribution in [0.2, 0.25) is 0 Å². The Morgan fingerprint density at radius 2 is 1.70 bits per heavy atom. The summed E-state index contributed by atoms with van der Waals surface area (Å²) in [5.74, 6) is 1.17. The summed E-state index contributed by atoms with van der Waals surface area (Å²) in [6.45, 7) is 12.2. The molecule has 1 saturated carbocycles. The Balaban J connectivity index is 2.18. The third-order valence-corrected chi connectivity index (χ3v) is 5.28. The van der Waals surface area contributed by atoms with Gasteiger partial charge in [0.1, 0.15) is 0 Å². The van der Waals surface area contributed by atoms with E-state index in [2.05, 4.69) is 43.2 Å². The number of amides is 2. The van der Waals surface area contributed by atoms with Gasteiger partial charge in [0.2, 0.25) is 11.8 Å². The molecule has 0 aliphatic heterocycles. The molecular formula is C18H35N3O2. The summed E-state index contributed by atoms with van der Waals surface area (Å²) in [6, 6.07) is 0.275. The van der Waals surface area contributed by atoms with Gasteiger partial charge in [-0.1, -0.05) is 40.5 Å². The number of carbonyl (C=O) groups is 2. The van der Waals surface area contributed by atoms with E-state index in [9.17, 15) is 9.59 Å². The summed E-state index contributed by atoms with van der Waals surface area (Å²) < 4.78 is 0. The van der Waals surface area contributed by atoms with Gasteiger partial charge in [-0.3, -0.25) is 9.59 Å². The van der Waals surface area contributed by atoms with Crippen LogP contribution in [0.4, 0.5) is 0 Å². The maximum atomic E-state index is 12.0. The van der Waals surface area contributed by atoms with Crippen LogP contribution < -0.4 is 10.6 Å². The number of hydrogen-bond acceptors (Lipinski definition) is 3. The minimum Gasteiger partial charge on any atom is -0.355 e. The highest BCUT2D eigenvalue weighted by atomic mass is 16.2. The lowest BCUT2D eigenvalue weighted by Crippen LogP contribution is -2.44. The molecule has 5 heteroatoms. The first-order valence-corrected chi connectivity index (χ1v) is 9.26. The second-order valence-corrected chi connectivity index (χ2v) is 6.82. The van der Waals surface area contributed by atoms with Crippen molar-refractivity contribution in [3.8, 4) is 0 Å². The minimum atomic E-state index is -0.0302. The lowest BCUT2D eigenvalue weighted by atomic mass is 9.78. The Bertz CT molecular complexity index is 369. The van der Waals surface area contributed by atoms with Crippen LogP contribution in [0.15, 0.2) is 0 Å². The molecule has 0 spiro atoms. The molecule has 0 unspecified atom stereocenters. The molecule has 0 aromatic heterocycles. The van der Waals surface area contributed by atoms with Crippen molar-refractivity contribution in [1.82, 2.24) is 15.5 Å². The molecule has 0 aromatic rings. The van der Waals surface area contributed by atoms with Crippen molar-refractivity contribution in [2.24, 2.45) is 11.8 Å². The highest BCUT2D eigenvalue weighted by Gasteiger charge is 2.27. The van der Waals surface area contributed by atoms with Crippen LogP contribution in [-0.4, -0.2) is 48.9 Å². The highest BCUT2D eigenvalue weighted by Crippen LogP contribution is 2.29. The van der Waals surface area contributed by atoms with Crippen LogP contribution in [0.3, 0.4) is 0 Å². The second kappa shape index (κ2) is 10.6. The highest BCUT2D eigenvalue weighted by molar-refractivity contribution is 5.83. The third kappa shape index (κ3) is 7.34. The molecule has 23 heavy (non-hydrogen) atoms. The first-order chi connectivity index (χ1) is 11.0. The summed E-state index contributed by atoms with van der Waals surface area (Å²) in [4.78, 5) is 26.1. The van der Waals surface area contributed by atoms with E-state index in [-0.39, 0.29) is 30.7 Å². The first-order valence-electron chi connectivity index (χ1n) is 9.26. The smallest absolute Gasteiger partial charge is 0.220 e. The molecule has 0 saturated heterocycles. The number of rotatable bonds is 9. The molecule has 2 amide bonds. The molecule has 0 aromatic carbocycles. The van der Waals surface area contributed by atoms with Gasteiger partial charge in [0, 0.05) is 32.0 Å². The minimum absolute atomic E-state index is 0.00911. The molecule has 1 rings (SSSR count). The van der Waals surface area contributed by atoms with Crippen LogP contribution in [0.1, 0.15) is 59.8 Å². The molecular weight excluding hydrogens is 290 g/mol. The SMILES string of the molecule is CCN(CC)CCNC(=O)CCC(=O)N[C@@H]1CCC[C@@H](C)[C@H]1C. The predicted octanol–water partition coefficient (Wildman–Crippen LogP) is 2.17. The van der Waals surface area contributed by atoms with Crippen molar-refractivity contribution in [3.05, 3.63) is 0 Å². The Labute approximate surface area is 141 Å². The Morgan fingerprint density at radius 3 is 2.35 bits per heavy atom. The Hall–Kier alpha value is -1.10. The van der Waals surface area contributed by atoms with E-state index >= 15 is 0 Å². The summed E-state index contributed by atoms with van der Waals surface area (Å²) in [5.41, 5.74) is 0. The summed E-state index contributed by atoms with van der Waals surface area (Å²) in [6.07, 6.45) is 4.06. The van der Waals surface area contributed by atoms with Crippen molar-refractivity contribution in [2.45, 2.75) is 65.8 Å². The van der Waals surface area contributed by atoms with Crippen LogP contribution in [0.25, 0.3) is 0 Å². The zero-order chi connectivity index (χ0) is 17.2. The number of likely N-dealkylation sites (N-methyl/N-ethyl adjacent to an activating group) is 1. The van der Waals surface area contributed by atoms with Gasteiger partial charge in [-0.15, -0.1) is 0 Å². The quantitative estimate of drug-likeness (QED) is 0.683. The average molecular weight is 325 g/mol. The van der Waals surface area contributed by atoms with Crippen molar-refractivity contribution in [1.29, 1.82) is 0 Å². The van der Waals surface area contributed by atoms with Crippen molar-refractivity contribution in [2.75, 3.05) is 26.2 Å². The van der Waals surface area contributed by atoms with Crippen LogP contribution in [-0.2, 0) is 9.59 Å². The standard InChI is InChI=1S/C18H35N3O2/c1-5-21(6-2)13-12-19-17(22)10-11-18(23)20-16-9-7-8-14(3)15(16)4/h14-16H,5-13H2,1-4H3,(H,19,22)(H,20,23)/t14-,15-,16-/m1/s1. The largest absolute Gasteiger partial charge is 0.355 e. The van der Waals surface area contributed by atoms with Gasteiger partial charge in [0.05, 0.1) is 0 Å². The Morgan fingerprint density at radius 1 is 1.04 bits per heavy atom. The monoisotopic (exact) mass is 325 g/mol. The van der Waals surface area contributed by atoms with Gasteiger partial charge < -0.3 is 15.5 Å². The predicted molar refractivity (Wildman–Crippen MR) is 94.1 cm³/mol. The van der Waals surface area contributed by atoms with Crippen LogP contribution in [0.5, 0.6) is 0 Å². The van der Waals surface area contributed by atoms with Gasteiger partial charge in [0.15, 0.2) is 0 Å². The fraction of sp³-hybridized carbons (Fsp3) is 0.889. The third-order valence-electron chi connectivity index (χ3n) is 5.28. The lowest BCUT2D eigenvalue weighted by Gasteiger charge is -2.34. The number of carbonyl (C=O) groups excluding carboxylic acids is 2. The molecule has 0 bridgehead atoms.